The zero-order valence-electron chi connectivity index (χ0n) is 14.5. The zero-order valence-corrected chi connectivity index (χ0v) is 14.5. The van der Waals surface area contributed by atoms with E-state index in [4.69, 9.17) is 19.5 Å². The van der Waals surface area contributed by atoms with Gasteiger partial charge in [-0.1, -0.05) is 6.07 Å². The van der Waals surface area contributed by atoms with Gasteiger partial charge in [-0.15, -0.1) is 0 Å². The van der Waals surface area contributed by atoms with E-state index < -0.39 is 0 Å². The van der Waals surface area contributed by atoms with Gasteiger partial charge >= 0.3 is 0 Å². The molecular formula is C20H19NO4. The minimum atomic E-state index is -0.258. The number of hydrogen-bond donors (Lipinski definition) is 0. The van der Waals surface area contributed by atoms with Crippen molar-refractivity contribution in [3.63, 3.8) is 0 Å². The van der Waals surface area contributed by atoms with Gasteiger partial charge in [-0.05, 0) is 54.2 Å². The number of rotatable bonds is 3. The molecule has 0 atom stereocenters. The molecule has 1 aliphatic rings. The molecule has 5 heteroatoms. The van der Waals surface area contributed by atoms with Gasteiger partial charge in [0.1, 0.15) is 6.07 Å². The second kappa shape index (κ2) is 6.86. The molecule has 0 bridgehead atoms. The molecule has 0 spiro atoms. The first-order valence-corrected chi connectivity index (χ1v) is 8.04. The lowest BCUT2D eigenvalue weighted by Crippen LogP contribution is -2.01. The van der Waals surface area contributed by atoms with E-state index in [-0.39, 0.29) is 11.0 Å². The lowest BCUT2D eigenvalue weighted by atomic mass is 9.96. The molecule has 0 aromatic heterocycles. The van der Waals surface area contributed by atoms with E-state index in [1.54, 1.807) is 33.5 Å². The highest BCUT2D eigenvalue weighted by atomic mass is 16.5. The Morgan fingerprint density at radius 2 is 1.68 bits per heavy atom. The number of hydrogen-bond acceptors (Lipinski definition) is 5. The summed E-state index contributed by atoms with van der Waals surface area (Å²) in [6.45, 7) is 0. The summed E-state index contributed by atoms with van der Waals surface area (Å²) < 4.78 is 16.6. The van der Waals surface area contributed by atoms with Crippen molar-refractivity contribution >= 4 is 0 Å². The number of methoxy groups -OCH3 is 3. The minimum Gasteiger partial charge on any atom is -0.493 e. The van der Waals surface area contributed by atoms with Crippen LogP contribution in [0.3, 0.4) is 0 Å². The standard InChI is InChI=1S/C20H19NO4/c1-23-17-10-13-6-4-5-12-9-16(22)14(11-21)7-8-15(12)18(13)20(25-3)19(17)24-2/h7-10H,4-6H2,1-3H3. The fourth-order valence-electron chi connectivity index (χ4n) is 3.38. The summed E-state index contributed by atoms with van der Waals surface area (Å²) in [5.74, 6) is 1.72. The van der Waals surface area contributed by atoms with Crippen LogP contribution in [-0.4, -0.2) is 21.3 Å². The van der Waals surface area contributed by atoms with Crippen molar-refractivity contribution in [3.05, 3.63) is 51.2 Å². The summed E-state index contributed by atoms with van der Waals surface area (Å²) in [6, 6.07) is 8.89. The van der Waals surface area contributed by atoms with Gasteiger partial charge < -0.3 is 14.2 Å². The van der Waals surface area contributed by atoms with E-state index in [9.17, 15) is 4.79 Å². The van der Waals surface area contributed by atoms with Gasteiger partial charge in [0.15, 0.2) is 16.9 Å². The molecule has 1 aliphatic carbocycles. The quantitative estimate of drug-likeness (QED) is 0.861. The predicted molar refractivity (Wildman–Crippen MR) is 94.5 cm³/mol. The van der Waals surface area contributed by atoms with E-state index in [0.29, 0.717) is 17.2 Å². The van der Waals surface area contributed by atoms with Gasteiger partial charge in [-0.3, -0.25) is 4.79 Å². The molecule has 25 heavy (non-hydrogen) atoms. The van der Waals surface area contributed by atoms with Crippen LogP contribution in [0.15, 0.2) is 29.1 Å². The fourth-order valence-corrected chi connectivity index (χ4v) is 3.38. The largest absolute Gasteiger partial charge is 0.493 e. The maximum absolute atomic E-state index is 12.2. The molecule has 3 rings (SSSR count). The van der Waals surface area contributed by atoms with E-state index in [0.717, 1.165) is 41.5 Å². The van der Waals surface area contributed by atoms with Crippen LogP contribution < -0.4 is 19.6 Å². The second-order valence-electron chi connectivity index (χ2n) is 5.84. The zero-order chi connectivity index (χ0) is 18.0. The van der Waals surface area contributed by atoms with Gasteiger partial charge in [0.25, 0.3) is 0 Å². The molecule has 0 radical (unpaired) electrons. The third-order valence-electron chi connectivity index (χ3n) is 4.53. The highest BCUT2D eigenvalue weighted by Crippen LogP contribution is 2.48. The van der Waals surface area contributed by atoms with Crippen molar-refractivity contribution in [2.45, 2.75) is 19.3 Å². The number of benzene rings is 1. The summed E-state index contributed by atoms with van der Waals surface area (Å²) >= 11 is 0. The maximum Gasteiger partial charge on any atom is 0.203 e. The maximum atomic E-state index is 12.2. The molecule has 0 unspecified atom stereocenters. The summed E-state index contributed by atoms with van der Waals surface area (Å²) in [6.07, 6.45) is 2.49. The van der Waals surface area contributed by atoms with Crippen LogP contribution in [0.25, 0.3) is 11.1 Å². The first-order chi connectivity index (χ1) is 12.1. The van der Waals surface area contributed by atoms with Crippen molar-refractivity contribution in [3.8, 4) is 34.4 Å². The highest BCUT2D eigenvalue weighted by molar-refractivity contribution is 5.82. The molecule has 0 saturated heterocycles. The molecular weight excluding hydrogens is 318 g/mol. The van der Waals surface area contributed by atoms with Crippen LogP contribution in [0.1, 0.15) is 23.1 Å². The van der Waals surface area contributed by atoms with Crippen LogP contribution in [0, 0.1) is 11.3 Å². The Bertz CT molecular complexity index is 928. The number of nitriles is 1. The Kier molecular flexibility index (Phi) is 4.62. The topological polar surface area (TPSA) is 68.6 Å². The van der Waals surface area contributed by atoms with Crippen LogP contribution in [0.5, 0.6) is 17.2 Å². The van der Waals surface area contributed by atoms with Crippen molar-refractivity contribution in [2.24, 2.45) is 0 Å². The SMILES string of the molecule is COc1cc2c(c(OC)c1OC)-c1ccc(C#N)c(=O)cc1CCC2. The minimum absolute atomic E-state index is 0.133. The van der Waals surface area contributed by atoms with Crippen LogP contribution in [0.2, 0.25) is 0 Å². The van der Waals surface area contributed by atoms with E-state index in [1.165, 1.54) is 0 Å². The molecule has 2 aromatic carbocycles. The molecule has 0 fully saturated rings. The van der Waals surface area contributed by atoms with Crippen molar-refractivity contribution < 1.29 is 14.2 Å². The predicted octanol–water partition coefficient (Wildman–Crippen LogP) is 3.10. The molecule has 0 heterocycles. The van der Waals surface area contributed by atoms with Gasteiger partial charge in [-0.2, -0.15) is 5.26 Å². The van der Waals surface area contributed by atoms with Crippen LogP contribution in [-0.2, 0) is 12.8 Å². The Labute approximate surface area is 146 Å². The summed E-state index contributed by atoms with van der Waals surface area (Å²) in [5, 5.41) is 9.16. The molecule has 0 amide bonds. The molecule has 5 nitrogen and oxygen atoms in total. The number of fused-ring (bicyclic) bond motifs is 3. The molecule has 128 valence electrons. The first-order valence-electron chi connectivity index (χ1n) is 8.04. The Hall–Kier alpha value is -3.00. The first kappa shape index (κ1) is 16.8. The lowest BCUT2D eigenvalue weighted by molar-refractivity contribution is 0.324. The number of nitrogens with zero attached hydrogens (tertiary/aromatic N) is 1. The lowest BCUT2D eigenvalue weighted by Gasteiger charge is -2.19. The Balaban J connectivity index is 2.42. The Morgan fingerprint density at radius 1 is 0.960 bits per heavy atom. The van der Waals surface area contributed by atoms with E-state index >= 15 is 0 Å². The Morgan fingerprint density at radius 3 is 2.32 bits per heavy atom. The van der Waals surface area contributed by atoms with Gasteiger partial charge in [0.2, 0.25) is 5.75 Å². The smallest absolute Gasteiger partial charge is 0.203 e. The van der Waals surface area contributed by atoms with Crippen LogP contribution >= 0.6 is 0 Å². The van der Waals surface area contributed by atoms with E-state index in [2.05, 4.69) is 0 Å². The van der Waals surface area contributed by atoms with Gasteiger partial charge in [0.05, 0.1) is 26.9 Å². The van der Waals surface area contributed by atoms with E-state index in [1.807, 2.05) is 18.2 Å². The summed E-state index contributed by atoms with van der Waals surface area (Å²) in [4.78, 5) is 12.2. The van der Waals surface area contributed by atoms with Gasteiger partial charge in [0, 0.05) is 5.56 Å². The fraction of sp³-hybridized carbons (Fsp3) is 0.300. The second-order valence-corrected chi connectivity index (χ2v) is 5.84. The number of ether oxygens (including phenoxy) is 3. The summed E-state index contributed by atoms with van der Waals surface area (Å²) in [7, 11) is 4.75. The molecule has 2 aromatic rings. The summed E-state index contributed by atoms with van der Waals surface area (Å²) in [5.41, 5.74) is 3.65. The van der Waals surface area contributed by atoms with Crippen molar-refractivity contribution in [2.75, 3.05) is 21.3 Å². The monoisotopic (exact) mass is 337 g/mol. The molecule has 0 aliphatic heterocycles. The molecule has 0 N–H and O–H groups in total. The number of aryl methyl sites for hydroxylation is 2. The molecule has 0 saturated carbocycles. The average molecular weight is 337 g/mol. The van der Waals surface area contributed by atoms with Crippen LogP contribution in [0.4, 0.5) is 0 Å². The third-order valence-corrected chi connectivity index (χ3v) is 4.53. The normalized spacial score (nSPS) is 12.2. The highest BCUT2D eigenvalue weighted by Gasteiger charge is 2.25. The van der Waals surface area contributed by atoms with Crippen molar-refractivity contribution in [1.82, 2.24) is 0 Å². The third kappa shape index (κ3) is 2.80. The van der Waals surface area contributed by atoms with Gasteiger partial charge in [-0.25, -0.2) is 0 Å². The average Bonchev–Trinajstić information content (AvgIpc) is 2.88. The van der Waals surface area contributed by atoms with Crippen molar-refractivity contribution in [1.29, 1.82) is 5.26 Å².